The van der Waals surface area contributed by atoms with Crippen LogP contribution in [0.25, 0.3) is 11.1 Å². The summed E-state index contributed by atoms with van der Waals surface area (Å²) in [6, 6.07) is 15.1. The van der Waals surface area contributed by atoms with Crippen LogP contribution in [-0.2, 0) is 0 Å². The Morgan fingerprint density at radius 1 is 1.21 bits per heavy atom. The number of methoxy groups -OCH3 is 1. The van der Waals surface area contributed by atoms with Crippen LogP contribution in [0.15, 0.2) is 48.5 Å². The lowest BCUT2D eigenvalue weighted by Crippen LogP contribution is -2.44. The highest BCUT2D eigenvalue weighted by atomic mass is 16.5. The topological polar surface area (TPSA) is 58.6 Å². The molecular formula is C20H25NO3. The van der Waals surface area contributed by atoms with Crippen molar-refractivity contribution < 1.29 is 14.6 Å². The molecule has 0 saturated heterocycles. The van der Waals surface area contributed by atoms with E-state index in [1.165, 1.54) is 0 Å². The molecule has 0 fully saturated rings. The molecule has 128 valence electrons. The summed E-state index contributed by atoms with van der Waals surface area (Å²) in [5.41, 5.74) is 1.44. The molecule has 1 atom stereocenters. The second-order valence-electron chi connectivity index (χ2n) is 6.48. The minimum atomic E-state index is -0.940. The van der Waals surface area contributed by atoms with Gasteiger partial charge in [0.2, 0.25) is 0 Å². The Kier molecular flexibility index (Phi) is 5.62. The first kappa shape index (κ1) is 18.0. The molecule has 0 aliphatic heterocycles. The fourth-order valence-electron chi connectivity index (χ4n) is 2.26. The van der Waals surface area contributed by atoms with E-state index in [9.17, 15) is 9.90 Å². The molecule has 1 unspecified atom stereocenters. The average Bonchev–Trinajstić information content (AvgIpc) is 2.59. The SMILES string of the molecule is COc1ccc(C(=O)NCC(C)(O)C(C)C)cc1-c1ccccc1. The van der Waals surface area contributed by atoms with Crippen molar-refractivity contribution in [3.63, 3.8) is 0 Å². The molecule has 4 heteroatoms. The van der Waals surface area contributed by atoms with Gasteiger partial charge in [0, 0.05) is 17.7 Å². The summed E-state index contributed by atoms with van der Waals surface area (Å²) in [5, 5.41) is 13.1. The molecule has 0 spiro atoms. The second-order valence-corrected chi connectivity index (χ2v) is 6.48. The van der Waals surface area contributed by atoms with E-state index in [2.05, 4.69) is 5.32 Å². The van der Waals surface area contributed by atoms with Crippen molar-refractivity contribution in [2.75, 3.05) is 13.7 Å². The van der Waals surface area contributed by atoms with E-state index in [4.69, 9.17) is 4.74 Å². The zero-order valence-electron chi connectivity index (χ0n) is 14.7. The van der Waals surface area contributed by atoms with E-state index < -0.39 is 5.60 Å². The Hall–Kier alpha value is -2.33. The van der Waals surface area contributed by atoms with E-state index >= 15 is 0 Å². The summed E-state index contributed by atoms with van der Waals surface area (Å²) in [5.74, 6) is 0.552. The van der Waals surface area contributed by atoms with Crippen LogP contribution in [0.2, 0.25) is 0 Å². The highest BCUT2D eigenvalue weighted by molar-refractivity contribution is 5.96. The van der Waals surface area contributed by atoms with E-state index in [1.54, 1.807) is 26.2 Å². The van der Waals surface area contributed by atoms with Gasteiger partial charge < -0.3 is 15.2 Å². The third-order valence-electron chi connectivity index (χ3n) is 4.40. The molecule has 24 heavy (non-hydrogen) atoms. The maximum absolute atomic E-state index is 12.4. The van der Waals surface area contributed by atoms with E-state index in [0.29, 0.717) is 11.3 Å². The Bertz CT molecular complexity index is 693. The van der Waals surface area contributed by atoms with Crippen LogP contribution in [-0.4, -0.2) is 30.3 Å². The van der Waals surface area contributed by atoms with Crippen molar-refractivity contribution >= 4 is 5.91 Å². The van der Waals surface area contributed by atoms with Crippen molar-refractivity contribution in [1.29, 1.82) is 0 Å². The maximum atomic E-state index is 12.4. The van der Waals surface area contributed by atoms with Crippen LogP contribution in [0.4, 0.5) is 0 Å². The molecule has 0 radical (unpaired) electrons. The minimum absolute atomic E-state index is 0.0496. The Morgan fingerprint density at radius 3 is 2.46 bits per heavy atom. The first-order valence-electron chi connectivity index (χ1n) is 8.09. The van der Waals surface area contributed by atoms with Crippen LogP contribution in [0.5, 0.6) is 5.75 Å². The summed E-state index contributed by atoms with van der Waals surface area (Å²) in [6.07, 6.45) is 0. The van der Waals surface area contributed by atoms with Gasteiger partial charge in [-0.25, -0.2) is 0 Å². The number of carbonyl (C=O) groups is 1. The van der Waals surface area contributed by atoms with Gasteiger partial charge in [0.1, 0.15) is 5.75 Å². The zero-order chi connectivity index (χ0) is 17.7. The number of aliphatic hydroxyl groups is 1. The Labute approximate surface area is 143 Å². The normalized spacial score (nSPS) is 13.4. The lowest BCUT2D eigenvalue weighted by molar-refractivity contribution is 0.0142. The summed E-state index contributed by atoms with van der Waals surface area (Å²) >= 11 is 0. The van der Waals surface area contributed by atoms with Crippen molar-refractivity contribution in [3.05, 3.63) is 54.1 Å². The molecule has 2 N–H and O–H groups in total. The summed E-state index contributed by atoms with van der Waals surface area (Å²) < 4.78 is 5.41. The predicted molar refractivity (Wildman–Crippen MR) is 96.2 cm³/mol. The van der Waals surface area contributed by atoms with Crippen LogP contribution in [0.1, 0.15) is 31.1 Å². The third kappa shape index (κ3) is 4.15. The number of carbonyl (C=O) groups excluding carboxylic acids is 1. The molecule has 2 aromatic carbocycles. The predicted octanol–water partition coefficient (Wildman–Crippen LogP) is 3.50. The molecule has 2 rings (SSSR count). The van der Waals surface area contributed by atoms with Gasteiger partial charge in [-0.05, 0) is 36.6 Å². The largest absolute Gasteiger partial charge is 0.496 e. The molecule has 2 aromatic rings. The number of nitrogens with one attached hydrogen (secondary N) is 1. The van der Waals surface area contributed by atoms with Gasteiger partial charge in [-0.1, -0.05) is 44.2 Å². The molecular weight excluding hydrogens is 302 g/mol. The maximum Gasteiger partial charge on any atom is 0.251 e. The molecule has 0 aliphatic carbocycles. The van der Waals surface area contributed by atoms with Gasteiger partial charge in [0.05, 0.1) is 12.7 Å². The quantitative estimate of drug-likeness (QED) is 0.854. The summed E-state index contributed by atoms with van der Waals surface area (Å²) in [6.45, 7) is 5.78. The van der Waals surface area contributed by atoms with Crippen molar-refractivity contribution in [1.82, 2.24) is 5.32 Å². The number of amides is 1. The van der Waals surface area contributed by atoms with Crippen LogP contribution in [0.3, 0.4) is 0 Å². The minimum Gasteiger partial charge on any atom is -0.496 e. The van der Waals surface area contributed by atoms with Crippen molar-refractivity contribution in [2.24, 2.45) is 5.92 Å². The van der Waals surface area contributed by atoms with E-state index in [1.807, 2.05) is 50.2 Å². The van der Waals surface area contributed by atoms with E-state index in [-0.39, 0.29) is 18.4 Å². The fourth-order valence-corrected chi connectivity index (χ4v) is 2.26. The fraction of sp³-hybridized carbons (Fsp3) is 0.350. The number of ether oxygens (including phenoxy) is 1. The second kappa shape index (κ2) is 7.49. The van der Waals surface area contributed by atoms with Gasteiger partial charge in [-0.3, -0.25) is 4.79 Å². The van der Waals surface area contributed by atoms with Gasteiger partial charge in [-0.15, -0.1) is 0 Å². The monoisotopic (exact) mass is 327 g/mol. The average molecular weight is 327 g/mol. The Morgan fingerprint density at radius 2 is 1.88 bits per heavy atom. The van der Waals surface area contributed by atoms with Crippen LogP contribution in [0, 0.1) is 5.92 Å². The van der Waals surface area contributed by atoms with Crippen molar-refractivity contribution in [3.8, 4) is 16.9 Å². The summed E-state index contributed by atoms with van der Waals surface area (Å²) in [7, 11) is 1.61. The molecule has 0 aromatic heterocycles. The van der Waals surface area contributed by atoms with Crippen LogP contribution < -0.4 is 10.1 Å². The summed E-state index contributed by atoms with van der Waals surface area (Å²) in [4.78, 5) is 12.4. The lowest BCUT2D eigenvalue weighted by atomic mass is 9.92. The van der Waals surface area contributed by atoms with Gasteiger partial charge in [-0.2, -0.15) is 0 Å². The van der Waals surface area contributed by atoms with Crippen LogP contribution >= 0.6 is 0 Å². The molecule has 1 amide bonds. The molecule has 0 heterocycles. The lowest BCUT2D eigenvalue weighted by Gasteiger charge is -2.27. The van der Waals surface area contributed by atoms with E-state index in [0.717, 1.165) is 11.1 Å². The number of hydrogen-bond acceptors (Lipinski definition) is 3. The molecule has 0 saturated carbocycles. The number of rotatable bonds is 6. The highest BCUT2D eigenvalue weighted by Gasteiger charge is 2.25. The Balaban J connectivity index is 2.24. The van der Waals surface area contributed by atoms with Gasteiger partial charge in [0.25, 0.3) is 5.91 Å². The first-order valence-corrected chi connectivity index (χ1v) is 8.09. The molecule has 0 aliphatic rings. The number of benzene rings is 2. The molecule has 0 bridgehead atoms. The van der Waals surface area contributed by atoms with Crippen molar-refractivity contribution in [2.45, 2.75) is 26.4 Å². The van der Waals surface area contributed by atoms with Gasteiger partial charge >= 0.3 is 0 Å². The standard InChI is InChI=1S/C20H25NO3/c1-14(2)20(3,23)13-21-19(22)16-10-11-18(24-4)17(12-16)15-8-6-5-7-9-15/h5-12,14,23H,13H2,1-4H3,(H,21,22). The smallest absolute Gasteiger partial charge is 0.251 e. The van der Waals surface area contributed by atoms with Gasteiger partial charge in [0.15, 0.2) is 0 Å². The highest BCUT2D eigenvalue weighted by Crippen LogP contribution is 2.30. The third-order valence-corrected chi connectivity index (χ3v) is 4.40. The number of hydrogen-bond donors (Lipinski definition) is 2. The zero-order valence-corrected chi connectivity index (χ0v) is 14.7. The molecule has 4 nitrogen and oxygen atoms in total. The first-order chi connectivity index (χ1) is 11.3.